The Balaban J connectivity index is 2.87. The predicted molar refractivity (Wildman–Crippen MR) is 74.0 cm³/mol. The van der Waals surface area contributed by atoms with Crippen LogP contribution in [0.2, 0.25) is 0 Å². The molecule has 17 heavy (non-hydrogen) atoms. The number of pyridine rings is 1. The number of anilines is 1. The minimum Gasteiger partial charge on any atom is -0.355 e. The van der Waals surface area contributed by atoms with Crippen LogP contribution in [0.1, 0.15) is 25.8 Å². The van der Waals surface area contributed by atoms with E-state index in [0.717, 1.165) is 23.4 Å². The molecule has 1 heterocycles. The lowest BCUT2D eigenvalue weighted by Crippen LogP contribution is -2.29. The van der Waals surface area contributed by atoms with Gasteiger partial charge in [0.25, 0.3) is 0 Å². The summed E-state index contributed by atoms with van der Waals surface area (Å²) in [5, 5.41) is 8.69. The SMILES string of the molecule is Cc1cc(N(CCC#N)CC(C)C)ncc1Br. The van der Waals surface area contributed by atoms with Crippen molar-refractivity contribution >= 4 is 21.7 Å². The van der Waals surface area contributed by atoms with Gasteiger partial charge in [0.1, 0.15) is 5.82 Å². The molecule has 0 amide bonds. The van der Waals surface area contributed by atoms with E-state index in [-0.39, 0.29) is 0 Å². The third-order valence-corrected chi connectivity index (χ3v) is 3.27. The van der Waals surface area contributed by atoms with Crippen molar-refractivity contribution in [1.82, 2.24) is 4.98 Å². The number of hydrogen-bond donors (Lipinski definition) is 0. The van der Waals surface area contributed by atoms with E-state index < -0.39 is 0 Å². The molecule has 3 nitrogen and oxygen atoms in total. The third kappa shape index (κ3) is 4.35. The molecule has 1 rings (SSSR count). The quantitative estimate of drug-likeness (QED) is 0.834. The lowest BCUT2D eigenvalue weighted by molar-refractivity contribution is 0.607. The van der Waals surface area contributed by atoms with Gasteiger partial charge in [-0.25, -0.2) is 4.98 Å². The van der Waals surface area contributed by atoms with E-state index in [4.69, 9.17) is 5.26 Å². The Morgan fingerprint density at radius 2 is 2.24 bits per heavy atom. The molecule has 0 aromatic carbocycles. The molecule has 0 saturated carbocycles. The fourth-order valence-corrected chi connectivity index (χ4v) is 1.84. The first-order valence-corrected chi connectivity index (χ1v) is 6.58. The fraction of sp³-hybridized carbons (Fsp3) is 0.538. The molecule has 0 unspecified atom stereocenters. The topological polar surface area (TPSA) is 39.9 Å². The van der Waals surface area contributed by atoms with Gasteiger partial charge in [0.05, 0.1) is 12.5 Å². The van der Waals surface area contributed by atoms with Crippen molar-refractivity contribution in [3.63, 3.8) is 0 Å². The molecule has 92 valence electrons. The summed E-state index contributed by atoms with van der Waals surface area (Å²) in [6.07, 6.45) is 2.36. The monoisotopic (exact) mass is 295 g/mol. The van der Waals surface area contributed by atoms with Crippen molar-refractivity contribution in [2.24, 2.45) is 5.92 Å². The highest BCUT2D eigenvalue weighted by molar-refractivity contribution is 9.10. The highest BCUT2D eigenvalue weighted by atomic mass is 79.9. The first-order valence-electron chi connectivity index (χ1n) is 5.78. The highest BCUT2D eigenvalue weighted by Crippen LogP contribution is 2.20. The summed E-state index contributed by atoms with van der Waals surface area (Å²) in [5.41, 5.74) is 1.17. The summed E-state index contributed by atoms with van der Waals surface area (Å²) in [5.74, 6) is 1.51. The number of nitriles is 1. The molecule has 1 aromatic heterocycles. The van der Waals surface area contributed by atoms with Crippen molar-refractivity contribution in [3.8, 4) is 6.07 Å². The van der Waals surface area contributed by atoms with Gasteiger partial charge in [-0.15, -0.1) is 0 Å². The van der Waals surface area contributed by atoms with Crippen molar-refractivity contribution < 1.29 is 0 Å². The van der Waals surface area contributed by atoms with E-state index in [1.54, 1.807) is 0 Å². The number of hydrogen-bond acceptors (Lipinski definition) is 3. The van der Waals surface area contributed by atoms with Crippen LogP contribution in [0, 0.1) is 24.2 Å². The van der Waals surface area contributed by atoms with E-state index in [1.165, 1.54) is 5.56 Å². The molecular weight excluding hydrogens is 278 g/mol. The number of aromatic nitrogens is 1. The predicted octanol–water partition coefficient (Wildman–Crippen LogP) is 3.53. The van der Waals surface area contributed by atoms with Crippen molar-refractivity contribution in [3.05, 3.63) is 22.3 Å². The molecule has 0 N–H and O–H groups in total. The van der Waals surface area contributed by atoms with Crippen LogP contribution in [-0.2, 0) is 0 Å². The molecule has 0 fully saturated rings. The van der Waals surface area contributed by atoms with Crippen LogP contribution in [0.3, 0.4) is 0 Å². The number of halogens is 1. The Morgan fingerprint density at radius 3 is 2.76 bits per heavy atom. The van der Waals surface area contributed by atoms with Crippen LogP contribution in [0.15, 0.2) is 16.7 Å². The molecule has 0 aliphatic carbocycles. The Labute approximate surface area is 112 Å². The Morgan fingerprint density at radius 1 is 1.53 bits per heavy atom. The van der Waals surface area contributed by atoms with Gasteiger partial charge in [0.2, 0.25) is 0 Å². The first-order chi connectivity index (χ1) is 8.04. The normalized spacial score (nSPS) is 10.4. The van der Waals surface area contributed by atoms with Gasteiger partial charge in [-0.3, -0.25) is 0 Å². The minimum atomic E-state index is 0.531. The van der Waals surface area contributed by atoms with Gasteiger partial charge in [-0.2, -0.15) is 5.26 Å². The van der Waals surface area contributed by atoms with Gasteiger partial charge >= 0.3 is 0 Å². The Kier molecular flexibility index (Phi) is 5.43. The molecule has 0 radical (unpaired) electrons. The van der Waals surface area contributed by atoms with Crippen LogP contribution < -0.4 is 4.90 Å². The third-order valence-electron chi connectivity index (χ3n) is 2.44. The van der Waals surface area contributed by atoms with Crippen LogP contribution in [0.5, 0.6) is 0 Å². The summed E-state index contributed by atoms with van der Waals surface area (Å²) >= 11 is 3.45. The van der Waals surface area contributed by atoms with Gasteiger partial charge in [-0.1, -0.05) is 13.8 Å². The summed E-state index contributed by atoms with van der Waals surface area (Å²) in [6.45, 7) is 8.06. The number of rotatable bonds is 5. The van der Waals surface area contributed by atoms with E-state index in [1.807, 2.05) is 13.1 Å². The summed E-state index contributed by atoms with van der Waals surface area (Å²) < 4.78 is 1.02. The summed E-state index contributed by atoms with van der Waals surface area (Å²) in [7, 11) is 0. The molecule has 0 saturated heterocycles. The molecule has 0 bridgehead atoms. The second-order valence-corrected chi connectivity index (χ2v) is 5.39. The maximum Gasteiger partial charge on any atom is 0.128 e. The molecule has 4 heteroatoms. The second kappa shape index (κ2) is 6.61. The maximum atomic E-state index is 8.69. The number of nitrogens with zero attached hydrogens (tertiary/aromatic N) is 3. The summed E-state index contributed by atoms with van der Waals surface area (Å²) in [6, 6.07) is 4.25. The zero-order valence-electron chi connectivity index (χ0n) is 10.6. The van der Waals surface area contributed by atoms with Gasteiger partial charge in [0.15, 0.2) is 0 Å². The average Bonchev–Trinajstić information content (AvgIpc) is 2.27. The van der Waals surface area contributed by atoms with Gasteiger partial charge in [0, 0.05) is 23.8 Å². The van der Waals surface area contributed by atoms with E-state index in [9.17, 15) is 0 Å². The molecule has 0 atom stereocenters. The van der Waals surface area contributed by atoms with Gasteiger partial charge < -0.3 is 4.90 Å². The lowest BCUT2D eigenvalue weighted by atomic mass is 10.2. The zero-order valence-corrected chi connectivity index (χ0v) is 12.2. The smallest absolute Gasteiger partial charge is 0.128 e. The van der Waals surface area contributed by atoms with E-state index >= 15 is 0 Å². The Bertz CT molecular complexity index is 410. The van der Waals surface area contributed by atoms with Gasteiger partial charge in [-0.05, 0) is 40.4 Å². The van der Waals surface area contributed by atoms with E-state index in [2.05, 4.69) is 51.8 Å². The van der Waals surface area contributed by atoms with Crippen molar-refractivity contribution in [2.75, 3.05) is 18.0 Å². The van der Waals surface area contributed by atoms with Crippen LogP contribution in [-0.4, -0.2) is 18.1 Å². The zero-order chi connectivity index (χ0) is 12.8. The average molecular weight is 296 g/mol. The van der Waals surface area contributed by atoms with Crippen LogP contribution in [0.4, 0.5) is 5.82 Å². The molecule has 1 aromatic rings. The molecule has 0 aliphatic heterocycles. The largest absolute Gasteiger partial charge is 0.355 e. The summed E-state index contributed by atoms with van der Waals surface area (Å²) in [4.78, 5) is 6.59. The Hall–Kier alpha value is -1.08. The van der Waals surface area contributed by atoms with Crippen LogP contribution >= 0.6 is 15.9 Å². The number of aryl methyl sites for hydroxylation is 1. The molecule has 0 aliphatic rings. The van der Waals surface area contributed by atoms with Crippen LogP contribution in [0.25, 0.3) is 0 Å². The highest BCUT2D eigenvalue weighted by Gasteiger charge is 2.10. The minimum absolute atomic E-state index is 0.531. The molecular formula is C13H18BrN3. The maximum absolute atomic E-state index is 8.69. The molecule has 0 spiro atoms. The van der Waals surface area contributed by atoms with Crippen molar-refractivity contribution in [2.45, 2.75) is 27.2 Å². The second-order valence-electron chi connectivity index (χ2n) is 4.54. The first kappa shape index (κ1) is 14.0. The standard InChI is InChI=1S/C13H18BrN3/c1-10(2)9-17(6-4-5-15)13-7-11(3)12(14)8-16-13/h7-8,10H,4,6,9H2,1-3H3. The fourth-order valence-electron chi connectivity index (χ4n) is 1.62. The lowest BCUT2D eigenvalue weighted by Gasteiger charge is -2.25. The van der Waals surface area contributed by atoms with Crippen molar-refractivity contribution in [1.29, 1.82) is 5.26 Å². The van der Waals surface area contributed by atoms with E-state index in [0.29, 0.717) is 12.3 Å².